The fourth-order valence-electron chi connectivity index (χ4n) is 1.99. The zero-order valence-corrected chi connectivity index (χ0v) is 14.6. The lowest BCUT2D eigenvalue weighted by Gasteiger charge is -2.09. The van der Waals surface area contributed by atoms with Gasteiger partial charge in [-0.2, -0.15) is 9.78 Å². The van der Waals surface area contributed by atoms with E-state index in [-0.39, 0.29) is 11.7 Å². The first-order valence-corrected chi connectivity index (χ1v) is 8.22. The van der Waals surface area contributed by atoms with Crippen molar-refractivity contribution in [2.75, 3.05) is 20.5 Å². The average molecular weight is 336 g/mol. The molecule has 0 aliphatic heterocycles. The Balaban J connectivity index is 2.43. The second kappa shape index (κ2) is 7.36. The second-order valence-corrected chi connectivity index (χ2v) is 5.80. The summed E-state index contributed by atoms with van der Waals surface area (Å²) < 4.78 is 12.0. The molecule has 0 amide bonds. The van der Waals surface area contributed by atoms with Crippen molar-refractivity contribution in [1.82, 2.24) is 14.9 Å². The predicted molar refractivity (Wildman–Crippen MR) is 90.1 cm³/mol. The Bertz CT molecular complexity index is 688. The molecule has 0 bridgehead atoms. The third-order valence-corrected chi connectivity index (χ3v) is 3.78. The van der Waals surface area contributed by atoms with Crippen LogP contribution >= 0.6 is 11.8 Å². The summed E-state index contributed by atoms with van der Waals surface area (Å²) in [7, 11) is 2.97. The molecule has 2 aromatic rings. The predicted octanol–water partition coefficient (Wildman–Crippen LogP) is 2.73. The summed E-state index contributed by atoms with van der Waals surface area (Å²) in [6, 6.07) is 3.36. The minimum Gasteiger partial charge on any atom is -0.502 e. The molecule has 2 rings (SSSR count). The standard InChI is InChI=1S/C15H20N4O3S/c1-9(2)14-17-18-15(23-5)19(14)16-8-10-6-11(21-3)13(20)12(7-10)22-4/h6-9,20H,1-5H3/b16-8-. The topological polar surface area (TPSA) is 81.8 Å². The van der Waals surface area contributed by atoms with Gasteiger partial charge in [0.05, 0.1) is 20.4 Å². The van der Waals surface area contributed by atoms with E-state index in [0.717, 1.165) is 11.4 Å². The summed E-state index contributed by atoms with van der Waals surface area (Å²) in [4.78, 5) is 0. The molecule has 0 saturated heterocycles. The maximum atomic E-state index is 9.94. The third kappa shape index (κ3) is 3.58. The van der Waals surface area contributed by atoms with Crippen molar-refractivity contribution in [2.24, 2.45) is 5.10 Å². The first kappa shape index (κ1) is 17.1. The number of methoxy groups -OCH3 is 2. The second-order valence-electron chi connectivity index (χ2n) is 5.03. The minimum atomic E-state index is -0.0379. The van der Waals surface area contributed by atoms with Gasteiger partial charge in [-0.15, -0.1) is 10.2 Å². The largest absolute Gasteiger partial charge is 0.502 e. The summed E-state index contributed by atoms with van der Waals surface area (Å²) in [5.74, 6) is 1.59. The fourth-order valence-corrected chi connectivity index (χ4v) is 2.42. The van der Waals surface area contributed by atoms with Crippen molar-refractivity contribution in [3.8, 4) is 17.2 Å². The summed E-state index contributed by atoms with van der Waals surface area (Å²) in [5, 5.41) is 23.4. The van der Waals surface area contributed by atoms with Gasteiger partial charge in [0, 0.05) is 11.5 Å². The number of aromatic hydroxyl groups is 1. The van der Waals surface area contributed by atoms with Crippen LogP contribution in [0, 0.1) is 0 Å². The number of benzene rings is 1. The minimum absolute atomic E-state index is 0.0379. The molecule has 0 fully saturated rings. The van der Waals surface area contributed by atoms with Gasteiger partial charge >= 0.3 is 0 Å². The summed E-state index contributed by atoms with van der Waals surface area (Å²) in [5.41, 5.74) is 0.729. The summed E-state index contributed by atoms with van der Waals surface area (Å²) in [6.45, 7) is 4.07. The number of phenolic OH excluding ortho intramolecular Hbond substituents is 1. The molecule has 0 unspecified atom stereocenters. The van der Waals surface area contributed by atoms with Crippen molar-refractivity contribution in [3.63, 3.8) is 0 Å². The number of hydrogen-bond donors (Lipinski definition) is 1. The lowest BCUT2D eigenvalue weighted by atomic mass is 10.2. The number of thioether (sulfide) groups is 1. The number of ether oxygens (including phenoxy) is 2. The molecular formula is C15H20N4O3S. The Kier molecular flexibility index (Phi) is 5.49. The van der Waals surface area contributed by atoms with Gasteiger partial charge in [-0.1, -0.05) is 25.6 Å². The molecule has 0 aliphatic rings. The molecule has 0 atom stereocenters. The molecule has 8 heteroatoms. The van der Waals surface area contributed by atoms with Crippen LogP contribution in [0.15, 0.2) is 22.4 Å². The fraction of sp³-hybridized carbons (Fsp3) is 0.400. The van der Waals surface area contributed by atoms with Crippen molar-refractivity contribution in [3.05, 3.63) is 23.5 Å². The van der Waals surface area contributed by atoms with E-state index in [1.54, 1.807) is 23.0 Å². The van der Waals surface area contributed by atoms with Crippen molar-refractivity contribution >= 4 is 18.0 Å². The highest BCUT2D eigenvalue weighted by atomic mass is 32.2. The van der Waals surface area contributed by atoms with Crippen LogP contribution in [0.3, 0.4) is 0 Å². The van der Waals surface area contributed by atoms with Gasteiger partial charge in [0.1, 0.15) is 0 Å². The van der Waals surface area contributed by atoms with Crippen molar-refractivity contribution in [1.29, 1.82) is 0 Å². The average Bonchev–Trinajstić information content (AvgIpc) is 2.96. The van der Waals surface area contributed by atoms with Gasteiger partial charge in [-0.25, -0.2) is 0 Å². The van der Waals surface area contributed by atoms with Gasteiger partial charge in [0.25, 0.3) is 0 Å². The Morgan fingerprint density at radius 1 is 1.22 bits per heavy atom. The highest BCUT2D eigenvalue weighted by Gasteiger charge is 2.14. The van der Waals surface area contributed by atoms with Crippen LogP contribution < -0.4 is 9.47 Å². The summed E-state index contributed by atoms with van der Waals surface area (Å²) in [6.07, 6.45) is 3.58. The highest BCUT2D eigenvalue weighted by Crippen LogP contribution is 2.36. The van der Waals surface area contributed by atoms with Gasteiger partial charge in [0.2, 0.25) is 10.9 Å². The van der Waals surface area contributed by atoms with E-state index in [0.29, 0.717) is 16.7 Å². The van der Waals surface area contributed by atoms with E-state index in [9.17, 15) is 5.11 Å². The number of nitrogens with zero attached hydrogens (tertiary/aromatic N) is 4. The summed E-state index contributed by atoms with van der Waals surface area (Å²) >= 11 is 1.47. The molecule has 1 aromatic carbocycles. The van der Waals surface area contributed by atoms with E-state index in [1.165, 1.54) is 26.0 Å². The normalized spacial score (nSPS) is 11.4. The molecular weight excluding hydrogens is 316 g/mol. The van der Waals surface area contributed by atoms with Crippen LogP contribution in [0.4, 0.5) is 0 Å². The van der Waals surface area contributed by atoms with Crippen LogP contribution in [0.25, 0.3) is 0 Å². The molecule has 0 aliphatic carbocycles. The molecule has 0 saturated carbocycles. The van der Waals surface area contributed by atoms with Crippen LogP contribution in [-0.2, 0) is 0 Å². The first-order chi connectivity index (χ1) is 11.0. The zero-order valence-electron chi connectivity index (χ0n) is 13.8. The molecule has 0 radical (unpaired) electrons. The highest BCUT2D eigenvalue weighted by molar-refractivity contribution is 7.98. The van der Waals surface area contributed by atoms with Crippen molar-refractivity contribution < 1.29 is 14.6 Å². The monoisotopic (exact) mass is 336 g/mol. The lowest BCUT2D eigenvalue weighted by molar-refractivity contribution is 0.340. The number of phenols is 1. The molecule has 1 heterocycles. The zero-order chi connectivity index (χ0) is 17.0. The van der Waals surface area contributed by atoms with Crippen LogP contribution in [0.5, 0.6) is 17.2 Å². The van der Waals surface area contributed by atoms with Crippen molar-refractivity contribution in [2.45, 2.75) is 24.9 Å². The van der Waals surface area contributed by atoms with E-state index >= 15 is 0 Å². The van der Waals surface area contributed by atoms with Crippen LogP contribution in [-0.4, -0.2) is 46.7 Å². The van der Waals surface area contributed by atoms with Gasteiger partial charge < -0.3 is 14.6 Å². The maximum absolute atomic E-state index is 9.94. The Labute approximate surface area is 139 Å². The Morgan fingerprint density at radius 3 is 2.30 bits per heavy atom. The van der Waals surface area contributed by atoms with Gasteiger partial charge in [-0.3, -0.25) is 0 Å². The van der Waals surface area contributed by atoms with E-state index in [2.05, 4.69) is 15.3 Å². The first-order valence-electron chi connectivity index (χ1n) is 7.00. The molecule has 0 spiro atoms. The van der Waals surface area contributed by atoms with E-state index in [1.807, 2.05) is 20.1 Å². The molecule has 1 aromatic heterocycles. The SMILES string of the molecule is COc1cc(/C=N\n2c(SC)nnc2C(C)C)cc(OC)c1O. The Morgan fingerprint density at radius 2 is 1.83 bits per heavy atom. The lowest BCUT2D eigenvalue weighted by Crippen LogP contribution is -2.02. The number of aromatic nitrogens is 3. The van der Waals surface area contributed by atoms with E-state index in [4.69, 9.17) is 9.47 Å². The smallest absolute Gasteiger partial charge is 0.211 e. The van der Waals surface area contributed by atoms with Crippen LogP contribution in [0.1, 0.15) is 31.2 Å². The molecule has 1 N–H and O–H groups in total. The number of rotatable bonds is 6. The molecule has 124 valence electrons. The maximum Gasteiger partial charge on any atom is 0.211 e. The number of hydrogen-bond acceptors (Lipinski definition) is 7. The molecule has 7 nitrogen and oxygen atoms in total. The van der Waals surface area contributed by atoms with E-state index < -0.39 is 0 Å². The molecule has 23 heavy (non-hydrogen) atoms. The quantitative estimate of drug-likeness (QED) is 0.645. The Hall–Kier alpha value is -2.22. The van der Waals surface area contributed by atoms with Gasteiger partial charge in [-0.05, 0) is 18.4 Å². The van der Waals surface area contributed by atoms with Crippen LogP contribution in [0.2, 0.25) is 0 Å². The van der Waals surface area contributed by atoms with Gasteiger partial charge in [0.15, 0.2) is 17.3 Å². The third-order valence-electron chi connectivity index (χ3n) is 3.16.